The lowest BCUT2D eigenvalue weighted by Gasteiger charge is -2.31. The summed E-state index contributed by atoms with van der Waals surface area (Å²) in [6.07, 6.45) is 1.01. The Kier molecular flexibility index (Phi) is 7.49. The average Bonchev–Trinajstić information content (AvgIpc) is 2.88. The number of sulfonamides is 1. The second-order valence-electron chi connectivity index (χ2n) is 9.17. The van der Waals surface area contributed by atoms with Crippen molar-refractivity contribution in [3.63, 3.8) is 0 Å². The van der Waals surface area contributed by atoms with Gasteiger partial charge in [0.1, 0.15) is 0 Å². The maximum atomic E-state index is 13.2. The fourth-order valence-corrected chi connectivity index (χ4v) is 5.91. The van der Waals surface area contributed by atoms with Gasteiger partial charge in [-0.3, -0.25) is 4.79 Å². The van der Waals surface area contributed by atoms with Gasteiger partial charge in [0.25, 0.3) is 0 Å². The Morgan fingerprint density at radius 3 is 1.76 bits per heavy atom. The molecular formula is C28H32N2O3S. The Labute approximate surface area is 202 Å². The van der Waals surface area contributed by atoms with Crippen LogP contribution in [0.25, 0.3) is 0 Å². The summed E-state index contributed by atoms with van der Waals surface area (Å²) < 4.78 is 27.7. The molecule has 0 bridgehead atoms. The zero-order chi connectivity index (χ0) is 24.1. The molecule has 0 aromatic heterocycles. The maximum absolute atomic E-state index is 13.2. The van der Waals surface area contributed by atoms with E-state index in [0.717, 1.165) is 16.7 Å². The van der Waals surface area contributed by atoms with Crippen molar-refractivity contribution in [2.24, 2.45) is 5.92 Å². The van der Waals surface area contributed by atoms with Crippen molar-refractivity contribution >= 4 is 15.9 Å². The third-order valence-corrected chi connectivity index (χ3v) is 8.47. The van der Waals surface area contributed by atoms with Crippen LogP contribution in [0.1, 0.15) is 55.3 Å². The molecule has 0 saturated carbocycles. The smallest absolute Gasteiger partial charge is 0.243 e. The van der Waals surface area contributed by atoms with E-state index >= 15 is 0 Å². The van der Waals surface area contributed by atoms with E-state index in [4.69, 9.17) is 0 Å². The van der Waals surface area contributed by atoms with Gasteiger partial charge >= 0.3 is 0 Å². The lowest BCUT2D eigenvalue weighted by molar-refractivity contribution is -0.126. The summed E-state index contributed by atoms with van der Waals surface area (Å²) in [4.78, 5) is 13.5. The van der Waals surface area contributed by atoms with Gasteiger partial charge in [-0.05, 0) is 47.6 Å². The van der Waals surface area contributed by atoms with E-state index in [2.05, 4.69) is 19.2 Å². The van der Waals surface area contributed by atoms with Crippen LogP contribution in [0.15, 0.2) is 89.8 Å². The standard InChI is InChI=1S/C28H32N2O3S/c1-21(2)22-13-15-26(16-14-22)34(32,33)30-19-17-25(18-20-30)28(31)29-27(23-9-5-3-6-10-23)24-11-7-4-8-12-24/h3-16,21,25,27H,17-20H2,1-2H3,(H,29,31). The Morgan fingerprint density at radius 1 is 0.794 bits per heavy atom. The van der Waals surface area contributed by atoms with Crippen LogP contribution < -0.4 is 5.32 Å². The van der Waals surface area contributed by atoms with Gasteiger partial charge in [-0.2, -0.15) is 4.31 Å². The first-order chi connectivity index (χ1) is 16.4. The van der Waals surface area contributed by atoms with E-state index in [1.54, 1.807) is 12.1 Å². The topological polar surface area (TPSA) is 66.5 Å². The quantitative estimate of drug-likeness (QED) is 0.515. The molecule has 0 radical (unpaired) electrons. The van der Waals surface area contributed by atoms with E-state index in [9.17, 15) is 13.2 Å². The minimum absolute atomic E-state index is 0.0314. The maximum Gasteiger partial charge on any atom is 0.243 e. The average molecular weight is 477 g/mol. The molecule has 5 nitrogen and oxygen atoms in total. The molecule has 0 aliphatic carbocycles. The highest BCUT2D eigenvalue weighted by atomic mass is 32.2. The fourth-order valence-electron chi connectivity index (χ4n) is 4.44. The number of rotatable bonds is 7. The molecule has 3 aromatic rings. The van der Waals surface area contributed by atoms with Crippen LogP contribution in [-0.4, -0.2) is 31.7 Å². The third kappa shape index (κ3) is 5.40. The Balaban J connectivity index is 1.42. The normalized spacial score (nSPS) is 15.5. The van der Waals surface area contributed by atoms with Crippen LogP contribution >= 0.6 is 0 Å². The largest absolute Gasteiger partial charge is 0.345 e. The highest BCUT2D eigenvalue weighted by Gasteiger charge is 2.33. The van der Waals surface area contributed by atoms with Gasteiger partial charge in [-0.25, -0.2) is 8.42 Å². The number of hydrogen-bond donors (Lipinski definition) is 1. The zero-order valence-electron chi connectivity index (χ0n) is 19.7. The van der Waals surface area contributed by atoms with E-state index in [1.807, 2.05) is 72.8 Å². The molecule has 4 rings (SSSR count). The van der Waals surface area contributed by atoms with Crippen LogP contribution in [0.3, 0.4) is 0 Å². The first kappa shape index (κ1) is 24.2. The first-order valence-electron chi connectivity index (χ1n) is 11.9. The summed E-state index contributed by atoms with van der Waals surface area (Å²) in [5.41, 5.74) is 3.15. The highest BCUT2D eigenvalue weighted by Crippen LogP contribution is 2.27. The van der Waals surface area contributed by atoms with Gasteiger partial charge in [0.2, 0.25) is 15.9 Å². The van der Waals surface area contributed by atoms with Gasteiger partial charge in [0.15, 0.2) is 0 Å². The molecule has 1 amide bonds. The summed E-state index contributed by atoms with van der Waals surface area (Å²) in [6, 6.07) is 26.7. The zero-order valence-corrected chi connectivity index (χ0v) is 20.5. The van der Waals surface area contributed by atoms with Crippen molar-refractivity contribution in [2.45, 2.75) is 43.5 Å². The molecule has 0 atom stereocenters. The molecule has 1 aliphatic rings. The molecule has 178 valence electrons. The summed E-state index contributed by atoms with van der Waals surface area (Å²) in [7, 11) is -3.56. The number of benzene rings is 3. The minimum Gasteiger partial charge on any atom is -0.345 e. The van der Waals surface area contributed by atoms with Crippen molar-refractivity contribution < 1.29 is 13.2 Å². The molecule has 34 heavy (non-hydrogen) atoms. The van der Waals surface area contributed by atoms with Crippen molar-refractivity contribution in [3.8, 4) is 0 Å². The van der Waals surface area contributed by atoms with Crippen LogP contribution in [0.2, 0.25) is 0 Å². The molecule has 1 N–H and O–H groups in total. The van der Waals surface area contributed by atoms with E-state index in [0.29, 0.717) is 36.7 Å². The molecule has 0 unspecified atom stereocenters. The fraction of sp³-hybridized carbons (Fsp3) is 0.321. The minimum atomic E-state index is -3.56. The molecule has 1 fully saturated rings. The Bertz CT molecular complexity index is 1150. The van der Waals surface area contributed by atoms with Crippen LogP contribution in [0, 0.1) is 5.92 Å². The van der Waals surface area contributed by atoms with Gasteiger partial charge in [0.05, 0.1) is 10.9 Å². The summed E-state index contributed by atoms with van der Waals surface area (Å²) in [5, 5.41) is 3.21. The summed E-state index contributed by atoms with van der Waals surface area (Å²) >= 11 is 0. The number of nitrogens with zero attached hydrogens (tertiary/aromatic N) is 1. The summed E-state index contributed by atoms with van der Waals surface area (Å²) in [5.74, 6) is 0.0994. The molecule has 0 spiro atoms. The predicted molar refractivity (Wildman–Crippen MR) is 135 cm³/mol. The molecule has 6 heteroatoms. The lowest BCUT2D eigenvalue weighted by atomic mass is 9.94. The van der Waals surface area contributed by atoms with Crippen molar-refractivity contribution in [1.82, 2.24) is 9.62 Å². The molecule has 3 aromatic carbocycles. The number of carbonyl (C=O) groups excluding carboxylic acids is 1. The predicted octanol–water partition coefficient (Wildman–Crippen LogP) is 5.12. The van der Waals surface area contributed by atoms with Crippen LogP contribution in [0.5, 0.6) is 0 Å². The van der Waals surface area contributed by atoms with Gasteiger partial charge in [-0.15, -0.1) is 0 Å². The molecule has 1 aliphatic heterocycles. The number of hydrogen-bond acceptors (Lipinski definition) is 3. The van der Waals surface area contributed by atoms with E-state index in [1.165, 1.54) is 4.31 Å². The second kappa shape index (κ2) is 10.5. The van der Waals surface area contributed by atoms with E-state index in [-0.39, 0.29) is 17.9 Å². The molecule has 1 heterocycles. The van der Waals surface area contributed by atoms with Gasteiger partial charge in [-0.1, -0.05) is 86.6 Å². The molecular weight excluding hydrogens is 444 g/mol. The van der Waals surface area contributed by atoms with Crippen LogP contribution in [0.4, 0.5) is 0 Å². The van der Waals surface area contributed by atoms with Crippen molar-refractivity contribution in [2.75, 3.05) is 13.1 Å². The van der Waals surface area contributed by atoms with Gasteiger partial charge in [0, 0.05) is 19.0 Å². The third-order valence-electron chi connectivity index (χ3n) is 6.56. The number of amides is 1. The van der Waals surface area contributed by atoms with Crippen molar-refractivity contribution in [3.05, 3.63) is 102 Å². The number of carbonyl (C=O) groups is 1. The number of piperidine rings is 1. The Hall–Kier alpha value is -2.96. The monoisotopic (exact) mass is 476 g/mol. The highest BCUT2D eigenvalue weighted by molar-refractivity contribution is 7.89. The Morgan fingerprint density at radius 2 is 1.29 bits per heavy atom. The first-order valence-corrected chi connectivity index (χ1v) is 13.3. The SMILES string of the molecule is CC(C)c1ccc(S(=O)(=O)N2CCC(C(=O)NC(c3ccccc3)c3ccccc3)CC2)cc1. The van der Waals surface area contributed by atoms with Crippen LogP contribution in [-0.2, 0) is 14.8 Å². The van der Waals surface area contributed by atoms with Crippen molar-refractivity contribution in [1.29, 1.82) is 0 Å². The second-order valence-corrected chi connectivity index (χ2v) is 11.1. The van der Waals surface area contributed by atoms with E-state index < -0.39 is 10.0 Å². The molecule has 1 saturated heterocycles. The van der Waals surface area contributed by atoms with Gasteiger partial charge < -0.3 is 5.32 Å². The lowest BCUT2D eigenvalue weighted by Crippen LogP contribution is -2.43. The number of nitrogens with one attached hydrogen (secondary N) is 1. The summed E-state index contributed by atoms with van der Waals surface area (Å²) in [6.45, 7) is 4.85.